The fraction of sp³-hybridized carbons (Fsp3) is 0.533. The molecule has 2 rings (SSSR count). The van der Waals surface area contributed by atoms with Gasteiger partial charge in [-0.3, -0.25) is 0 Å². The molecule has 2 N–H and O–H groups in total. The summed E-state index contributed by atoms with van der Waals surface area (Å²) >= 11 is 5.96. The highest BCUT2D eigenvalue weighted by Gasteiger charge is 2.28. The molecule has 0 saturated carbocycles. The van der Waals surface area contributed by atoms with E-state index in [4.69, 9.17) is 16.3 Å². The molecule has 1 fully saturated rings. The monoisotopic (exact) mass is 312 g/mol. The fourth-order valence-electron chi connectivity index (χ4n) is 2.53. The van der Waals surface area contributed by atoms with Crippen molar-refractivity contribution in [1.29, 1.82) is 0 Å². The van der Waals surface area contributed by atoms with Gasteiger partial charge in [-0.2, -0.15) is 0 Å². The Bertz CT molecular complexity index is 508. The zero-order chi connectivity index (χ0) is 15.4. The second kappa shape index (κ2) is 7.00. The van der Waals surface area contributed by atoms with Gasteiger partial charge in [-0.15, -0.1) is 0 Å². The molecule has 0 spiro atoms. The van der Waals surface area contributed by atoms with Crippen LogP contribution in [-0.4, -0.2) is 42.3 Å². The van der Waals surface area contributed by atoms with E-state index >= 15 is 0 Å². The quantitative estimate of drug-likeness (QED) is 0.896. The van der Waals surface area contributed by atoms with Gasteiger partial charge in [-0.25, -0.2) is 4.79 Å². The maximum absolute atomic E-state index is 12.1. The molecule has 2 atom stereocenters. The molecule has 1 heterocycles. The first-order valence-corrected chi connectivity index (χ1v) is 7.42. The summed E-state index contributed by atoms with van der Waals surface area (Å²) in [4.78, 5) is 13.9. The first-order chi connectivity index (χ1) is 10.0. The first-order valence-electron chi connectivity index (χ1n) is 7.04. The van der Waals surface area contributed by atoms with Crippen LogP contribution >= 0.6 is 11.6 Å². The van der Waals surface area contributed by atoms with Crippen molar-refractivity contribution < 1.29 is 14.6 Å². The second-order valence-electron chi connectivity index (χ2n) is 5.35. The van der Waals surface area contributed by atoms with Gasteiger partial charge in [0.15, 0.2) is 0 Å². The van der Waals surface area contributed by atoms with Gasteiger partial charge in [-0.1, -0.05) is 11.6 Å². The standard InChI is InChI=1S/C15H21ClN2O3/c1-10(19)11-5-6-18(9-11)15(20)17-8-12-7-13(16)3-4-14(12)21-2/h3-4,7,10-11,19H,5-6,8-9H2,1-2H3,(H,17,20)/t10-,11-/m0/s1. The molecular formula is C15H21ClN2O3. The molecule has 0 unspecified atom stereocenters. The predicted molar refractivity (Wildman–Crippen MR) is 81.6 cm³/mol. The summed E-state index contributed by atoms with van der Waals surface area (Å²) in [6.07, 6.45) is 0.460. The van der Waals surface area contributed by atoms with Crippen molar-refractivity contribution >= 4 is 17.6 Å². The summed E-state index contributed by atoms with van der Waals surface area (Å²) in [6, 6.07) is 5.19. The number of carbonyl (C=O) groups is 1. The number of aliphatic hydroxyl groups is 1. The van der Waals surface area contributed by atoms with E-state index in [0.29, 0.717) is 30.4 Å². The topological polar surface area (TPSA) is 61.8 Å². The third kappa shape index (κ3) is 4.02. The zero-order valence-corrected chi connectivity index (χ0v) is 13.1. The number of hydrogen-bond acceptors (Lipinski definition) is 3. The summed E-state index contributed by atoms with van der Waals surface area (Å²) in [5, 5.41) is 13.0. The number of methoxy groups -OCH3 is 1. The Kier molecular flexibility index (Phi) is 5.31. The maximum Gasteiger partial charge on any atom is 0.317 e. The molecule has 0 radical (unpaired) electrons. The van der Waals surface area contributed by atoms with Gasteiger partial charge in [0.05, 0.1) is 13.2 Å². The van der Waals surface area contributed by atoms with E-state index in [1.165, 1.54) is 0 Å². The van der Waals surface area contributed by atoms with E-state index in [9.17, 15) is 9.90 Å². The van der Waals surface area contributed by atoms with Crippen molar-refractivity contribution in [2.45, 2.75) is 26.0 Å². The van der Waals surface area contributed by atoms with Gasteiger partial charge in [0, 0.05) is 36.1 Å². The molecule has 0 bridgehead atoms. The Morgan fingerprint density at radius 2 is 2.38 bits per heavy atom. The van der Waals surface area contributed by atoms with E-state index in [2.05, 4.69) is 5.32 Å². The van der Waals surface area contributed by atoms with Gasteiger partial charge in [0.2, 0.25) is 0 Å². The number of benzene rings is 1. The van der Waals surface area contributed by atoms with Crippen LogP contribution < -0.4 is 10.1 Å². The van der Waals surface area contributed by atoms with E-state index < -0.39 is 0 Å². The highest BCUT2D eigenvalue weighted by atomic mass is 35.5. The number of carbonyl (C=O) groups excluding carboxylic acids is 1. The molecule has 6 heteroatoms. The van der Waals surface area contributed by atoms with Crippen molar-refractivity contribution in [2.24, 2.45) is 5.92 Å². The molecule has 1 saturated heterocycles. The predicted octanol–water partition coefficient (Wildman–Crippen LogP) is 2.26. The number of aliphatic hydroxyl groups excluding tert-OH is 1. The van der Waals surface area contributed by atoms with Crippen LogP contribution in [0, 0.1) is 5.92 Å². The summed E-state index contributed by atoms with van der Waals surface area (Å²) in [6.45, 7) is 3.39. The lowest BCUT2D eigenvalue weighted by Gasteiger charge is -2.19. The van der Waals surface area contributed by atoms with Crippen LogP contribution in [0.1, 0.15) is 18.9 Å². The minimum absolute atomic E-state index is 0.125. The minimum Gasteiger partial charge on any atom is -0.496 e. The van der Waals surface area contributed by atoms with Crippen molar-refractivity contribution in [3.8, 4) is 5.75 Å². The Labute approximate surface area is 129 Å². The van der Waals surface area contributed by atoms with Crippen molar-refractivity contribution in [3.05, 3.63) is 28.8 Å². The van der Waals surface area contributed by atoms with Gasteiger partial charge in [0.25, 0.3) is 0 Å². The molecule has 0 aromatic heterocycles. The van der Waals surface area contributed by atoms with Crippen LogP contribution in [0.4, 0.5) is 4.79 Å². The van der Waals surface area contributed by atoms with E-state index in [-0.39, 0.29) is 18.1 Å². The lowest BCUT2D eigenvalue weighted by Crippen LogP contribution is -2.38. The summed E-state index contributed by atoms with van der Waals surface area (Å²) < 4.78 is 5.25. The molecule has 1 aliphatic heterocycles. The molecule has 1 aromatic carbocycles. The third-order valence-corrected chi connectivity index (χ3v) is 4.10. The highest BCUT2D eigenvalue weighted by molar-refractivity contribution is 6.30. The number of likely N-dealkylation sites (tertiary alicyclic amines) is 1. The number of hydrogen-bond donors (Lipinski definition) is 2. The second-order valence-corrected chi connectivity index (χ2v) is 5.79. The summed E-state index contributed by atoms with van der Waals surface area (Å²) in [5.41, 5.74) is 0.838. The third-order valence-electron chi connectivity index (χ3n) is 3.87. The molecule has 2 amide bonds. The smallest absolute Gasteiger partial charge is 0.317 e. The number of urea groups is 1. The lowest BCUT2D eigenvalue weighted by atomic mass is 10.0. The van der Waals surface area contributed by atoms with E-state index in [1.54, 1.807) is 37.1 Å². The van der Waals surface area contributed by atoms with Crippen molar-refractivity contribution in [3.63, 3.8) is 0 Å². The SMILES string of the molecule is COc1ccc(Cl)cc1CNC(=O)N1CC[C@H]([C@H](C)O)C1. The number of nitrogens with zero attached hydrogens (tertiary/aromatic N) is 1. The van der Waals surface area contributed by atoms with Crippen LogP contribution in [0.3, 0.4) is 0 Å². The largest absolute Gasteiger partial charge is 0.496 e. The number of halogens is 1. The average molecular weight is 313 g/mol. The highest BCUT2D eigenvalue weighted by Crippen LogP contribution is 2.23. The Hall–Kier alpha value is -1.46. The maximum atomic E-state index is 12.1. The Morgan fingerprint density at radius 3 is 3.00 bits per heavy atom. The van der Waals surface area contributed by atoms with Crippen LogP contribution in [0.5, 0.6) is 5.75 Å². The Balaban J connectivity index is 1.91. The van der Waals surface area contributed by atoms with Gasteiger partial charge in [0.1, 0.15) is 5.75 Å². The Morgan fingerprint density at radius 1 is 1.62 bits per heavy atom. The number of ether oxygens (including phenoxy) is 1. The van der Waals surface area contributed by atoms with Gasteiger partial charge >= 0.3 is 6.03 Å². The molecule has 21 heavy (non-hydrogen) atoms. The molecule has 0 aliphatic carbocycles. The fourth-order valence-corrected chi connectivity index (χ4v) is 2.73. The molecule has 5 nitrogen and oxygen atoms in total. The number of rotatable bonds is 4. The summed E-state index contributed by atoms with van der Waals surface area (Å²) in [7, 11) is 1.59. The zero-order valence-electron chi connectivity index (χ0n) is 12.3. The van der Waals surface area contributed by atoms with Crippen LogP contribution in [0.25, 0.3) is 0 Å². The van der Waals surface area contributed by atoms with E-state index in [1.807, 2.05) is 0 Å². The normalized spacial score (nSPS) is 19.4. The number of nitrogens with one attached hydrogen (secondary N) is 1. The average Bonchev–Trinajstić information content (AvgIpc) is 2.95. The van der Waals surface area contributed by atoms with Crippen LogP contribution in [0.15, 0.2) is 18.2 Å². The first kappa shape index (κ1) is 15.9. The lowest BCUT2D eigenvalue weighted by molar-refractivity contribution is 0.129. The van der Waals surface area contributed by atoms with Gasteiger partial charge in [-0.05, 0) is 31.5 Å². The van der Waals surface area contributed by atoms with Gasteiger partial charge < -0.3 is 20.1 Å². The van der Waals surface area contributed by atoms with Crippen molar-refractivity contribution in [2.75, 3.05) is 20.2 Å². The number of amides is 2. The van der Waals surface area contributed by atoms with E-state index in [0.717, 1.165) is 12.0 Å². The minimum atomic E-state index is -0.379. The van der Waals surface area contributed by atoms with Crippen LogP contribution in [0.2, 0.25) is 5.02 Å². The molecule has 116 valence electrons. The van der Waals surface area contributed by atoms with Crippen LogP contribution in [-0.2, 0) is 6.54 Å². The van der Waals surface area contributed by atoms with Crippen molar-refractivity contribution in [1.82, 2.24) is 10.2 Å². The molecule has 1 aliphatic rings. The summed E-state index contributed by atoms with van der Waals surface area (Å²) in [5.74, 6) is 0.861. The molecular weight excluding hydrogens is 292 g/mol. The molecule has 1 aromatic rings.